The lowest BCUT2D eigenvalue weighted by Crippen LogP contribution is -2.31. The second-order valence-corrected chi connectivity index (χ2v) is 8.64. The molecule has 0 aliphatic rings. The van der Waals surface area contributed by atoms with E-state index < -0.39 is 17.7 Å². The molecule has 3 aromatic heterocycles. The van der Waals surface area contributed by atoms with Crippen LogP contribution in [0.25, 0.3) is 17.0 Å². The number of benzene rings is 2. The van der Waals surface area contributed by atoms with Crippen molar-refractivity contribution in [1.82, 2.24) is 24.7 Å². The van der Waals surface area contributed by atoms with Crippen LogP contribution < -0.4 is 16.4 Å². The van der Waals surface area contributed by atoms with E-state index >= 15 is 0 Å². The predicted octanol–water partition coefficient (Wildman–Crippen LogP) is 4.24. The van der Waals surface area contributed by atoms with Crippen LogP contribution in [0.4, 0.5) is 30.9 Å². The number of amides is 1. The van der Waals surface area contributed by atoms with E-state index in [0.717, 1.165) is 16.7 Å². The second kappa shape index (κ2) is 9.73. The summed E-state index contributed by atoms with van der Waals surface area (Å²) in [7, 11) is 0. The van der Waals surface area contributed by atoms with Crippen molar-refractivity contribution >= 4 is 34.4 Å². The van der Waals surface area contributed by atoms with E-state index in [2.05, 4.69) is 20.1 Å². The molecule has 0 aliphatic heterocycles. The van der Waals surface area contributed by atoms with E-state index in [0.29, 0.717) is 22.3 Å². The highest BCUT2D eigenvalue weighted by Gasteiger charge is 2.25. The molecule has 38 heavy (non-hydrogen) atoms. The average molecular weight is 517 g/mol. The highest BCUT2D eigenvalue weighted by atomic mass is 19.1. The van der Waals surface area contributed by atoms with Crippen LogP contribution in [0.5, 0.6) is 0 Å². The number of fused-ring (bicyclic) bond motifs is 1. The van der Waals surface area contributed by atoms with Gasteiger partial charge in [-0.15, -0.1) is 0 Å². The number of rotatable bonds is 6. The first-order valence-corrected chi connectivity index (χ1v) is 11.5. The lowest BCUT2D eigenvalue weighted by atomic mass is 10.1. The summed E-state index contributed by atoms with van der Waals surface area (Å²) in [6, 6.07) is 14.7. The quantitative estimate of drug-likeness (QED) is 0.303. The zero-order valence-corrected chi connectivity index (χ0v) is 20.1. The standard InChI is InChI=1S/C26H22F2N8O2/c1-14-6-8-15(9-7-14)13-35(26(37)38)22-23(29)32-25(33-24(22)30)36-20-11-17(27)12-31-21(20)19(34-36)10-16-4-2-3-5-18(16)28/h2-9,11-12H,10,13H2,1H3,(H,37,38)(H4,29,30,32,33). The maximum Gasteiger partial charge on any atom is 0.412 e. The van der Waals surface area contributed by atoms with E-state index in [1.54, 1.807) is 30.3 Å². The molecule has 0 saturated carbocycles. The van der Waals surface area contributed by atoms with Crippen LogP contribution in [0, 0.1) is 18.6 Å². The van der Waals surface area contributed by atoms with Crippen LogP contribution in [0.15, 0.2) is 60.8 Å². The van der Waals surface area contributed by atoms with Crippen molar-refractivity contribution < 1.29 is 18.7 Å². The van der Waals surface area contributed by atoms with Crippen LogP contribution in [-0.2, 0) is 13.0 Å². The van der Waals surface area contributed by atoms with Crippen molar-refractivity contribution in [2.24, 2.45) is 0 Å². The van der Waals surface area contributed by atoms with E-state index in [-0.39, 0.29) is 41.8 Å². The van der Waals surface area contributed by atoms with Crippen LogP contribution in [0.2, 0.25) is 0 Å². The van der Waals surface area contributed by atoms with Gasteiger partial charge in [-0.1, -0.05) is 48.0 Å². The number of anilines is 3. The number of hydrogen-bond donors (Lipinski definition) is 3. The Morgan fingerprint density at radius 1 is 1.05 bits per heavy atom. The second-order valence-electron chi connectivity index (χ2n) is 8.64. The number of pyridine rings is 1. The maximum absolute atomic E-state index is 14.3. The molecule has 1 amide bonds. The van der Waals surface area contributed by atoms with E-state index in [1.807, 2.05) is 19.1 Å². The topological polar surface area (TPSA) is 149 Å². The number of nitrogen functional groups attached to an aromatic ring is 2. The third-order valence-electron chi connectivity index (χ3n) is 5.95. The fraction of sp³-hybridized carbons (Fsp3) is 0.115. The molecule has 0 fully saturated rings. The first-order valence-electron chi connectivity index (χ1n) is 11.5. The largest absolute Gasteiger partial charge is 0.465 e. The van der Waals surface area contributed by atoms with Crippen LogP contribution in [-0.4, -0.2) is 35.9 Å². The van der Waals surface area contributed by atoms with Gasteiger partial charge in [-0.25, -0.2) is 18.6 Å². The molecule has 0 radical (unpaired) electrons. The first-order chi connectivity index (χ1) is 18.2. The van der Waals surface area contributed by atoms with Crippen LogP contribution in [0.1, 0.15) is 22.4 Å². The highest BCUT2D eigenvalue weighted by molar-refractivity contribution is 5.94. The normalized spacial score (nSPS) is 11.1. The molecule has 0 bridgehead atoms. The fourth-order valence-corrected chi connectivity index (χ4v) is 4.10. The van der Waals surface area contributed by atoms with Gasteiger partial charge in [-0.05, 0) is 24.1 Å². The van der Waals surface area contributed by atoms with Gasteiger partial charge in [0.1, 0.15) is 22.8 Å². The van der Waals surface area contributed by atoms with Crippen molar-refractivity contribution in [2.45, 2.75) is 19.9 Å². The molecule has 0 atom stereocenters. The number of halogens is 2. The Morgan fingerprint density at radius 2 is 1.74 bits per heavy atom. The molecule has 0 aliphatic carbocycles. The van der Waals surface area contributed by atoms with Gasteiger partial charge in [0.2, 0.25) is 0 Å². The third kappa shape index (κ3) is 4.66. The zero-order valence-electron chi connectivity index (χ0n) is 20.1. The average Bonchev–Trinajstić information content (AvgIpc) is 3.22. The molecule has 0 saturated heterocycles. The molecule has 3 heterocycles. The number of carbonyl (C=O) groups is 1. The summed E-state index contributed by atoms with van der Waals surface area (Å²) in [5.74, 6) is -1.62. The summed E-state index contributed by atoms with van der Waals surface area (Å²) in [6.45, 7) is 1.88. The van der Waals surface area contributed by atoms with E-state index in [4.69, 9.17) is 11.5 Å². The Balaban J connectivity index is 1.58. The van der Waals surface area contributed by atoms with Crippen molar-refractivity contribution in [1.29, 1.82) is 0 Å². The summed E-state index contributed by atoms with van der Waals surface area (Å²) in [4.78, 5) is 25.7. The summed E-state index contributed by atoms with van der Waals surface area (Å²) in [5.41, 5.74) is 15.2. The zero-order chi connectivity index (χ0) is 27.0. The monoisotopic (exact) mass is 516 g/mol. The van der Waals surface area contributed by atoms with Crippen LogP contribution >= 0.6 is 0 Å². The molecule has 5 rings (SSSR count). The minimum atomic E-state index is -1.30. The van der Waals surface area contributed by atoms with Crippen LogP contribution in [0.3, 0.4) is 0 Å². The Bertz CT molecular complexity index is 1650. The fourth-order valence-electron chi connectivity index (χ4n) is 4.10. The number of aromatic nitrogens is 5. The first kappa shape index (κ1) is 24.6. The molecule has 2 aromatic carbocycles. The summed E-state index contributed by atoms with van der Waals surface area (Å²) >= 11 is 0. The van der Waals surface area contributed by atoms with Crippen molar-refractivity contribution in [2.75, 3.05) is 16.4 Å². The van der Waals surface area contributed by atoms with E-state index in [1.165, 1.54) is 16.8 Å². The van der Waals surface area contributed by atoms with Gasteiger partial charge in [0, 0.05) is 12.5 Å². The molecule has 5 N–H and O–H groups in total. The summed E-state index contributed by atoms with van der Waals surface area (Å²) in [6.07, 6.45) is -0.202. The number of nitrogens with two attached hydrogens (primary N) is 2. The smallest absolute Gasteiger partial charge is 0.412 e. The molecular formula is C26H22F2N8O2. The molecule has 5 aromatic rings. The maximum atomic E-state index is 14.3. The summed E-state index contributed by atoms with van der Waals surface area (Å²) < 4.78 is 29.7. The number of hydrogen-bond acceptors (Lipinski definition) is 7. The van der Waals surface area contributed by atoms with Gasteiger partial charge >= 0.3 is 6.09 Å². The Kier molecular flexibility index (Phi) is 6.29. The number of aryl methyl sites for hydroxylation is 1. The SMILES string of the molecule is Cc1ccc(CN(C(=O)O)c2c(N)nc(-n3nc(Cc4ccccc4F)c4ncc(F)cc43)nc2N)cc1. The van der Waals surface area contributed by atoms with Crippen molar-refractivity contribution in [3.63, 3.8) is 0 Å². The van der Waals surface area contributed by atoms with Gasteiger partial charge in [0.25, 0.3) is 5.95 Å². The van der Waals surface area contributed by atoms with Gasteiger partial charge in [0.15, 0.2) is 11.6 Å². The Labute approximate surface area is 215 Å². The van der Waals surface area contributed by atoms with Gasteiger partial charge in [-0.3, -0.25) is 4.90 Å². The molecular weight excluding hydrogens is 494 g/mol. The lowest BCUT2D eigenvalue weighted by molar-refractivity contribution is 0.201. The lowest BCUT2D eigenvalue weighted by Gasteiger charge is -2.22. The van der Waals surface area contributed by atoms with E-state index in [9.17, 15) is 18.7 Å². The third-order valence-corrected chi connectivity index (χ3v) is 5.95. The minimum absolute atomic E-state index is 0.0423. The van der Waals surface area contributed by atoms with Gasteiger partial charge in [-0.2, -0.15) is 19.7 Å². The van der Waals surface area contributed by atoms with Gasteiger partial charge < -0.3 is 16.6 Å². The molecule has 12 heteroatoms. The van der Waals surface area contributed by atoms with Crippen molar-refractivity contribution in [3.05, 3.63) is 94.8 Å². The molecule has 0 spiro atoms. The predicted molar refractivity (Wildman–Crippen MR) is 138 cm³/mol. The Morgan fingerprint density at radius 3 is 2.39 bits per heavy atom. The highest BCUT2D eigenvalue weighted by Crippen LogP contribution is 2.31. The molecule has 192 valence electrons. The molecule has 10 nitrogen and oxygen atoms in total. The van der Waals surface area contributed by atoms with Crippen molar-refractivity contribution in [3.8, 4) is 5.95 Å². The number of carboxylic acid groups (broad SMARTS) is 1. The van der Waals surface area contributed by atoms with Gasteiger partial charge in [0.05, 0.1) is 24.0 Å². The number of nitrogens with zero attached hydrogens (tertiary/aromatic N) is 6. The summed E-state index contributed by atoms with van der Waals surface area (Å²) in [5, 5.41) is 14.3. The Hall–Kier alpha value is -5.13. The molecule has 0 unspecified atom stereocenters. The minimum Gasteiger partial charge on any atom is -0.465 e.